The maximum atomic E-state index is 12.7. The van der Waals surface area contributed by atoms with E-state index in [1.807, 2.05) is 41.0 Å². The fourth-order valence-electron chi connectivity index (χ4n) is 3.91. The summed E-state index contributed by atoms with van der Waals surface area (Å²) in [4.78, 5) is 33.0. The summed E-state index contributed by atoms with van der Waals surface area (Å²) in [6.45, 7) is 4.07. The van der Waals surface area contributed by atoms with Gasteiger partial charge in [-0.15, -0.1) is 0 Å². The number of likely N-dealkylation sites (tertiary alicyclic amines) is 1. The van der Waals surface area contributed by atoms with Crippen molar-refractivity contribution in [2.45, 2.75) is 19.8 Å². The molecular formula is C20H21N3O2. The van der Waals surface area contributed by atoms with Crippen molar-refractivity contribution in [2.24, 2.45) is 5.41 Å². The van der Waals surface area contributed by atoms with Gasteiger partial charge in [-0.3, -0.25) is 14.6 Å². The molecule has 5 nitrogen and oxygen atoms in total. The van der Waals surface area contributed by atoms with Crippen molar-refractivity contribution in [3.05, 3.63) is 59.9 Å². The molecule has 1 aromatic carbocycles. The van der Waals surface area contributed by atoms with Gasteiger partial charge in [-0.05, 0) is 37.6 Å². The van der Waals surface area contributed by atoms with E-state index in [1.165, 1.54) is 5.56 Å². The molecule has 0 saturated carbocycles. The zero-order chi connectivity index (χ0) is 17.4. The summed E-state index contributed by atoms with van der Waals surface area (Å²) in [6, 6.07) is 11.5. The summed E-state index contributed by atoms with van der Waals surface area (Å²) in [6.07, 6.45) is 4.66. The Labute approximate surface area is 147 Å². The van der Waals surface area contributed by atoms with Gasteiger partial charge in [0.1, 0.15) is 0 Å². The highest BCUT2D eigenvalue weighted by Crippen LogP contribution is 2.42. The Morgan fingerprint density at radius 1 is 1.08 bits per heavy atom. The molecule has 0 N–H and O–H groups in total. The fourth-order valence-corrected chi connectivity index (χ4v) is 3.91. The minimum atomic E-state index is -0.120. The minimum absolute atomic E-state index is 0.0282. The SMILES string of the molecule is Cc1ccc(N2CC3(CCN(C(=O)c4ccncc4)C3)CC2=O)cc1. The molecule has 4 rings (SSSR count). The van der Waals surface area contributed by atoms with Crippen LogP contribution in [0.2, 0.25) is 0 Å². The summed E-state index contributed by atoms with van der Waals surface area (Å²) in [5.41, 5.74) is 2.67. The highest BCUT2D eigenvalue weighted by Gasteiger charge is 2.48. The van der Waals surface area contributed by atoms with E-state index < -0.39 is 0 Å². The van der Waals surface area contributed by atoms with Gasteiger partial charge in [-0.2, -0.15) is 0 Å². The van der Waals surface area contributed by atoms with E-state index in [0.29, 0.717) is 31.6 Å². The number of hydrogen-bond donors (Lipinski definition) is 0. The Hall–Kier alpha value is -2.69. The summed E-state index contributed by atoms with van der Waals surface area (Å²) in [7, 11) is 0. The van der Waals surface area contributed by atoms with Crippen molar-refractivity contribution in [2.75, 3.05) is 24.5 Å². The molecule has 25 heavy (non-hydrogen) atoms. The van der Waals surface area contributed by atoms with Gasteiger partial charge in [0.15, 0.2) is 0 Å². The van der Waals surface area contributed by atoms with Crippen molar-refractivity contribution in [1.82, 2.24) is 9.88 Å². The van der Waals surface area contributed by atoms with Crippen LogP contribution in [-0.4, -0.2) is 41.3 Å². The Balaban J connectivity index is 1.50. The molecule has 3 heterocycles. The first-order valence-electron chi connectivity index (χ1n) is 8.63. The van der Waals surface area contributed by atoms with E-state index in [0.717, 1.165) is 12.1 Å². The van der Waals surface area contributed by atoms with Gasteiger partial charge >= 0.3 is 0 Å². The lowest BCUT2D eigenvalue weighted by Crippen LogP contribution is -2.34. The molecule has 1 aromatic heterocycles. The van der Waals surface area contributed by atoms with Gasteiger partial charge in [0.05, 0.1) is 0 Å². The van der Waals surface area contributed by atoms with Crippen molar-refractivity contribution >= 4 is 17.5 Å². The van der Waals surface area contributed by atoms with Crippen LogP contribution in [0.5, 0.6) is 0 Å². The number of hydrogen-bond acceptors (Lipinski definition) is 3. The van der Waals surface area contributed by atoms with Gasteiger partial charge in [-0.1, -0.05) is 17.7 Å². The Morgan fingerprint density at radius 2 is 1.80 bits per heavy atom. The lowest BCUT2D eigenvalue weighted by atomic mass is 9.86. The van der Waals surface area contributed by atoms with Crippen LogP contribution < -0.4 is 4.90 Å². The van der Waals surface area contributed by atoms with Crippen molar-refractivity contribution in [3.63, 3.8) is 0 Å². The van der Waals surface area contributed by atoms with Crippen LogP contribution in [0.25, 0.3) is 0 Å². The Kier molecular flexibility index (Phi) is 3.79. The number of benzene rings is 1. The molecule has 2 aliphatic rings. The van der Waals surface area contributed by atoms with Gasteiger partial charge < -0.3 is 9.80 Å². The Bertz CT molecular complexity index is 803. The van der Waals surface area contributed by atoms with Crippen LogP contribution in [0.1, 0.15) is 28.8 Å². The normalized spacial score (nSPS) is 22.8. The van der Waals surface area contributed by atoms with E-state index >= 15 is 0 Å². The average molecular weight is 335 g/mol. The molecule has 0 aliphatic carbocycles. The molecular weight excluding hydrogens is 314 g/mol. The predicted octanol–water partition coefficient (Wildman–Crippen LogP) is 2.66. The zero-order valence-electron chi connectivity index (χ0n) is 14.3. The number of aryl methyl sites for hydroxylation is 1. The second kappa shape index (κ2) is 5.99. The van der Waals surface area contributed by atoms with E-state index in [-0.39, 0.29) is 17.2 Å². The first-order chi connectivity index (χ1) is 12.1. The quantitative estimate of drug-likeness (QED) is 0.848. The minimum Gasteiger partial charge on any atom is -0.338 e. The highest BCUT2D eigenvalue weighted by atomic mass is 16.2. The number of carbonyl (C=O) groups excluding carboxylic acids is 2. The smallest absolute Gasteiger partial charge is 0.253 e. The van der Waals surface area contributed by atoms with Crippen molar-refractivity contribution in [1.29, 1.82) is 0 Å². The van der Waals surface area contributed by atoms with Crippen LogP contribution in [0.3, 0.4) is 0 Å². The second-order valence-electron chi connectivity index (χ2n) is 7.20. The number of aromatic nitrogens is 1. The number of rotatable bonds is 2. The van der Waals surface area contributed by atoms with Gasteiger partial charge in [0, 0.05) is 55.1 Å². The van der Waals surface area contributed by atoms with E-state index in [4.69, 9.17) is 0 Å². The molecule has 2 amide bonds. The lowest BCUT2D eigenvalue weighted by Gasteiger charge is -2.24. The van der Waals surface area contributed by atoms with Crippen LogP contribution in [0, 0.1) is 12.3 Å². The highest BCUT2D eigenvalue weighted by molar-refractivity contribution is 5.97. The molecule has 2 saturated heterocycles. The third-order valence-electron chi connectivity index (χ3n) is 5.32. The van der Waals surface area contributed by atoms with Gasteiger partial charge in [-0.25, -0.2) is 0 Å². The topological polar surface area (TPSA) is 53.5 Å². The first-order valence-corrected chi connectivity index (χ1v) is 8.63. The first kappa shape index (κ1) is 15.8. The monoisotopic (exact) mass is 335 g/mol. The molecule has 2 fully saturated rings. The lowest BCUT2D eigenvalue weighted by molar-refractivity contribution is -0.117. The summed E-state index contributed by atoms with van der Waals surface area (Å²) >= 11 is 0. The Morgan fingerprint density at radius 3 is 2.52 bits per heavy atom. The number of anilines is 1. The van der Waals surface area contributed by atoms with E-state index in [1.54, 1.807) is 24.5 Å². The van der Waals surface area contributed by atoms with E-state index in [2.05, 4.69) is 4.98 Å². The molecule has 2 aromatic rings. The third kappa shape index (κ3) is 2.90. The largest absolute Gasteiger partial charge is 0.338 e. The van der Waals surface area contributed by atoms with Gasteiger partial charge in [0.2, 0.25) is 5.91 Å². The number of carbonyl (C=O) groups is 2. The molecule has 2 aliphatic heterocycles. The number of pyridine rings is 1. The fraction of sp³-hybridized carbons (Fsp3) is 0.350. The zero-order valence-corrected chi connectivity index (χ0v) is 14.3. The molecule has 1 unspecified atom stereocenters. The molecule has 0 bridgehead atoms. The summed E-state index contributed by atoms with van der Waals surface area (Å²) in [5, 5.41) is 0. The van der Waals surface area contributed by atoms with Crippen molar-refractivity contribution in [3.8, 4) is 0 Å². The van der Waals surface area contributed by atoms with Gasteiger partial charge in [0.25, 0.3) is 5.91 Å². The van der Waals surface area contributed by atoms with Crippen LogP contribution >= 0.6 is 0 Å². The molecule has 0 radical (unpaired) electrons. The average Bonchev–Trinajstić information content (AvgIpc) is 3.19. The maximum absolute atomic E-state index is 12.7. The summed E-state index contributed by atoms with van der Waals surface area (Å²) in [5.74, 6) is 0.183. The summed E-state index contributed by atoms with van der Waals surface area (Å²) < 4.78 is 0. The number of nitrogens with zero attached hydrogens (tertiary/aromatic N) is 3. The van der Waals surface area contributed by atoms with E-state index in [9.17, 15) is 9.59 Å². The van der Waals surface area contributed by atoms with Crippen LogP contribution in [-0.2, 0) is 4.79 Å². The maximum Gasteiger partial charge on any atom is 0.253 e. The molecule has 5 heteroatoms. The standard InChI is InChI=1S/C20H21N3O2/c1-15-2-4-17(5-3-15)23-14-20(12-18(23)24)8-11-22(13-20)19(25)16-6-9-21-10-7-16/h2-7,9-10H,8,11-14H2,1H3. The van der Waals surface area contributed by atoms with Crippen LogP contribution in [0.15, 0.2) is 48.8 Å². The van der Waals surface area contributed by atoms with Crippen molar-refractivity contribution < 1.29 is 9.59 Å². The predicted molar refractivity (Wildman–Crippen MR) is 95.3 cm³/mol. The molecule has 1 atom stereocenters. The molecule has 128 valence electrons. The third-order valence-corrected chi connectivity index (χ3v) is 5.32. The second-order valence-corrected chi connectivity index (χ2v) is 7.20. The number of amides is 2. The molecule has 1 spiro atoms. The van der Waals surface area contributed by atoms with Crippen LogP contribution in [0.4, 0.5) is 5.69 Å².